The summed E-state index contributed by atoms with van der Waals surface area (Å²) >= 11 is 0. The molecule has 4 heteroatoms. The maximum absolute atomic E-state index is 13.1. The van der Waals surface area contributed by atoms with Gasteiger partial charge in [0.2, 0.25) is 0 Å². The second kappa shape index (κ2) is 5.92. The summed E-state index contributed by atoms with van der Waals surface area (Å²) in [4.78, 5) is 37.3. The summed E-state index contributed by atoms with van der Waals surface area (Å²) in [6.45, 7) is 4.00. The zero-order chi connectivity index (χ0) is 17.8. The molecule has 25 heavy (non-hydrogen) atoms. The molecule has 4 aliphatic rings. The molecule has 0 bridgehead atoms. The molecule has 4 saturated carbocycles. The van der Waals surface area contributed by atoms with Crippen LogP contribution in [-0.2, 0) is 19.1 Å². The van der Waals surface area contributed by atoms with Gasteiger partial charge < -0.3 is 4.74 Å². The van der Waals surface area contributed by atoms with Crippen molar-refractivity contribution >= 4 is 17.5 Å². The number of fused-ring (bicyclic) bond motifs is 5. The molecular formula is C21H30O4. The van der Waals surface area contributed by atoms with Crippen LogP contribution in [-0.4, -0.2) is 24.1 Å². The van der Waals surface area contributed by atoms with E-state index >= 15 is 0 Å². The Kier molecular flexibility index (Phi) is 4.08. The Morgan fingerprint density at radius 3 is 2.68 bits per heavy atom. The fourth-order valence-electron chi connectivity index (χ4n) is 7.05. The van der Waals surface area contributed by atoms with Crippen molar-refractivity contribution in [3.8, 4) is 0 Å². The fourth-order valence-corrected chi connectivity index (χ4v) is 7.05. The molecule has 4 rings (SSSR count). The molecule has 1 unspecified atom stereocenters. The number of carbonyl (C=O) groups excluding carboxylic acids is 3. The third kappa shape index (κ3) is 2.43. The highest BCUT2D eigenvalue weighted by molar-refractivity contribution is 5.91. The Hall–Kier alpha value is -1.19. The predicted octanol–water partition coefficient (Wildman–Crippen LogP) is 3.71. The van der Waals surface area contributed by atoms with E-state index in [1.807, 2.05) is 0 Å². The first kappa shape index (κ1) is 17.2. The highest BCUT2D eigenvalue weighted by Gasteiger charge is 2.64. The zero-order valence-electron chi connectivity index (χ0n) is 15.5. The number of ketones is 2. The molecule has 4 nitrogen and oxygen atoms in total. The minimum absolute atomic E-state index is 0.00936. The molecule has 0 aliphatic heterocycles. The third-order valence-electron chi connectivity index (χ3n) is 8.37. The lowest BCUT2D eigenvalue weighted by Crippen LogP contribution is -2.57. The Labute approximate surface area is 150 Å². The van der Waals surface area contributed by atoms with Gasteiger partial charge in [0.1, 0.15) is 18.2 Å². The largest absolute Gasteiger partial charge is 0.465 e. The van der Waals surface area contributed by atoms with E-state index in [1.165, 1.54) is 32.6 Å². The normalized spacial score (nSPS) is 46.2. The van der Waals surface area contributed by atoms with E-state index in [0.717, 1.165) is 19.3 Å². The van der Waals surface area contributed by atoms with Gasteiger partial charge in [0.15, 0.2) is 0 Å². The molecular weight excluding hydrogens is 316 g/mol. The summed E-state index contributed by atoms with van der Waals surface area (Å²) in [6.07, 6.45) is 8.71. The molecule has 0 aromatic rings. The third-order valence-corrected chi connectivity index (χ3v) is 8.37. The SMILES string of the molecule is CC(=O)OC[C@]12CC[C@H]3[C@@H](C(=O)CC4CCCC[C@@]43C)[C@@H]1CCC2=O. The minimum Gasteiger partial charge on any atom is -0.465 e. The number of Topliss-reactive ketones (excluding diaryl/α,β-unsaturated/α-hetero) is 2. The zero-order valence-corrected chi connectivity index (χ0v) is 15.5. The van der Waals surface area contributed by atoms with Gasteiger partial charge in [0, 0.05) is 25.7 Å². The van der Waals surface area contributed by atoms with Crippen molar-refractivity contribution in [1.82, 2.24) is 0 Å². The van der Waals surface area contributed by atoms with Crippen molar-refractivity contribution in [3.05, 3.63) is 0 Å². The Morgan fingerprint density at radius 2 is 1.92 bits per heavy atom. The number of ether oxygens (including phenoxy) is 1. The minimum atomic E-state index is -0.583. The summed E-state index contributed by atoms with van der Waals surface area (Å²) in [5.74, 6) is 1.33. The highest BCUT2D eigenvalue weighted by atomic mass is 16.5. The van der Waals surface area contributed by atoms with Gasteiger partial charge in [-0.3, -0.25) is 14.4 Å². The topological polar surface area (TPSA) is 60.4 Å². The van der Waals surface area contributed by atoms with Gasteiger partial charge in [-0.25, -0.2) is 0 Å². The molecule has 0 saturated heterocycles. The maximum Gasteiger partial charge on any atom is 0.302 e. The monoisotopic (exact) mass is 346 g/mol. The molecule has 0 amide bonds. The van der Waals surface area contributed by atoms with Gasteiger partial charge in [0.25, 0.3) is 0 Å². The second-order valence-electron chi connectivity index (χ2n) is 9.29. The Morgan fingerprint density at radius 1 is 1.12 bits per heavy atom. The van der Waals surface area contributed by atoms with Gasteiger partial charge in [-0.15, -0.1) is 0 Å². The van der Waals surface area contributed by atoms with Crippen molar-refractivity contribution in [2.75, 3.05) is 6.61 Å². The molecule has 0 spiro atoms. The number of hydrogen-bond acceptors (Lipinski definition) is 4. The van der Waals surface area contributed by atoms with E-state index in [1.54, 1.807) is 0 Å². The first-order valence-corrected chi connectivity index (χ1v) is 10.1. The Bertz CT molecular complexity index is 611. The van der Waals surface area contributed by atoms with Crippen LogP contribution in [0.2, 0.25) is 0 Å². The number of hydrogen-bond donors (Lipinski definition) is 0. The van der Waals surface area contributed by atoms with Crippen LogP contribution in [0.4, 0.5) is 0 Å². The highest BCUT2D eigenvalue weighted by Crippen LogP contribution is 2.64. The van der Waals surface area contributed by atoms with Crippen LogP contribution in [0, 0.1) is 34.5 Å². The van der Waals surface area contributed by atoms with Crippen LogP contribution in [0.15, 0.2) is 0 Å². The molecule has 138 valence electrons. The van der Waals surface area contributed by atoms with Crippen molar-refractivity contribution in [2.24, 2.45) is 34.5 Å². The van der Waals surface area contributed by atoms with E-state index < -0.39 is 5.41 Å². The quantitative estimate of drug-likeness (QED) is 0.715. The summed E-state index contributed by atoms with van der Waals surface area (Å²) < 4.78 is 5.33. The van der Waals surface area contributed by atoms with Gasteiger partial charge >= 0.3 is 5.97 Å². The lowest BCUT2D eigenvalue weighted by atomic mass is 9.45. The number of rotatable bonds is 2. The molecule has 0 heterocycles. The number of esters is 1. The van der Waals surface area contributed by atoms with E-state index in [4.69, 9.17) is 4.74 Å². The van der Waals surface area contributed by atoms with Crippen LogP contribution in [0.25, 0.3) is 0 Å². The van der Waals surface area contributed by atoms with E-state index in [-0.39, 0.29) is 35.6 Å². The lowest BCUT2D eigenvalue weighted by molar-refractivity contribution is -0.166. The van der Waals surface area contributed by atoms with E-state index in [2.05, 4.69) is 6.92 Å². The average Bonchev–Trinajstić information content (AvgIpc) is 2.91. The molecule has 4 fully saturated rings. The summed E-state index contributed by atoms with van der Waals surface area (Å²) in [5, 5.41) is 0. The van der Waals surface area contributed by atoms with Crippen LogP contribution in [0.1, 0.15) is 71.6 Å². The van der Waals surface area contributed by atoms with Crippen molar-refractivity contribution in [1.29, 1.82) is 0 Å². The van der Waals surface area contributed by atoms with Gasteiger partial charge in [-0.1, -0.05) is 19.8 Å². The maximum atomic E-state index is 13.1. The smallest absolute Gasteiger partial charge is 0.302 e. The fraction of sp³-hybridized carbons (Fsp3) is 0.857. The van der Waals surface area contributed by atoms with Crippen LogP contribution in [0.5, 0.6) is 0 Å². The second-order valence-corrected chi connectivity index (χ2v) is 9.29. The predicted molar refractivity (Wildman–Crippen MR) is 92.7 cm³/mol. The molecule has 0 aromatic carbocycles. The molecule has 0 radical (unpaired) electrons. The van der Waals surface area contributed by atoms with Crippen molar-refractivity contribution in [2.45, 2.75) is 71.6 Å². The Balaban J connectivity index is 1.67. The molecule has 0 aromatic heterocycles. The van der Waals surface area contributed by atoms with Crippen molar-refractivity contribution < 1.29 is 19.1 Å². The first-order chi connectivity index (χ1) is 11.9. The summed E-state index contributed by atoms with van der Waals surface area (Å²) in [5.41, 5.74) is -0.323. The van der Waals surface area contributed by atoms with Gasteiger partial charge in [-0.05, 0) is 55.3 Å². The summed E-state index contributed by atoms with van der Waals surface area (Å²) in [6, 6.07) is 0. The van der Waals surface area contributed by atoms with Gasteiger partial charge in [-0.2, -0.15) is 0 Å². The van der Waals surface area contributed by atoms with E-state index in [0.29, 0.717) is 30.5 Å². The lowest BCUT2D eigenvalue weighted by Gasteiger charge is -2.58. The van der Waals surface area contributed by atoms with Crippen LogP contribution < -0.4 is 0 Å². The van der Waals surface area contributed by atoms with Crippen LogP contribution in [0.3, 0.4) is 0 Å². The first-order valence-electron chi connectivity index (χ1n) is 10.1. The summed E-state index contributed by atoms with van der Waals surface area (Å²) in [7, 11) is 0. The van der Waals surface area contributed by atoms with E-state index in [9.17, 15) is 14.4 Å². The molecule has 6 atom stereocenters. The number of carbonyl (C=O) groups is 3. The van der Waals surface area contributed by atoms with Crippen molar-refractivity contribution in [3.63, 3.8) is 0 Å². The van der Waals surface area contributed by atoms with Crippen LogP contribution >= 0.6 is 0 Å². The average molecular weight is 346 g/mol. The molecule has 4 aliphatic carbocycles. The molecule has 0 N–H and O–H groups in total. The standard InChI is InChI=1S/C21H30O4/c1-13(22)25-12-21-10-8-15-19(16(21)6-7-18(21)24)17(23)11-14-5-3-4-9-20(14,15)2/h14-16,19H,3-12H2,1-2H3/t14?,15-,16-,19+,20-,21+/m0/s1. The van der Waals surface area contributed by atoms with Gasteiger partial charge in [0.05, 0.1) is 5.41 Å².